The molecule has 4 aromatic rings. The molecule has 0 aliphatic rings. The van der Waals surface area contributed by atoms with Crippen LogP contribution in [0.3, 0.4) is 0 Å². The molecule has 0 atom stereocenters. The molecule has 2 amide bonds. The number of ether oxygens (including phenoxy) is 1. The number of fused-ring (bicyclic) bond motifs is 1. The summed E-state index contributed by atoms with van der Waals surface area (Å²) in [5.74, 6) is 0.256. The van der Waals surface area contributed by atoms with Crippen LogP contribution in [-0.2, 0) is 7.05 Å². The molecule has 0 spiro atoms. The van der Waals surface area contributed by atoms with Crippen molar-refractivity contribution in [3.8, 4) is 21.9 Å². The number of carbonyl (C=O) groups is 2. The van der Waals surface area contributed by atoms with Crippen molar-refractivity contribution in [1.29, 1.82) is 0 Å². The molecule has 170 valence electrons. The third-order valence-electron chi connectivity index (χ3n) is 5.35. The smallest absolute Gasteiger partial charge is 0.274 e. The zero-order valence-electron chi connectivity index (χ0n) is 18.7. The molecule has 3 heterocycles. The molecule has 1 aromatic carbocycles. The number of aromatic amines is 1. The van der Waals surface area contributed by atoms with Gasteiger partial charge < -0.3 is 25.3 Å². The highest BCUT2D eigenvalue weighted by Gasteiger charge is 2.22. The summed E-state index contributed by atoms with van der Waals surface area (Å²) in [5.41, 5.74) is 8.41. The summed E-state index contributed by atoms with van der Waals surface area (Å²) in [7, 11) is 1.63. The van der Waals surface area contributed by atoms with Gasteiger partial charge in [-0.2, -0.15) is 0 Å². The number of primary amides is 1. The molecule has 0 saturated heterocycles. The van der Waals surface area contributed by atoms with Crippen LogP contribution in [0, 0.1) is 13.8 Å². The van der Waals surface area contributed by atoms with Gasteiger partial charge in [0.05, 0.1) is 9.75 Å². The Bertz CT molecular complexity index is 1440. The van der Waals surface area contributed by atoms with Crippen LogP contribution in [-0.4, -0.2) is 27.9 Å². The number of nitrogens with two attached hydrogens (primary N) is 1. The number of para-hydroxylation sites is 1. The number of nitrogens with zero attached hydrogens (tertiary/aromatic N) is 1. The van der Waals surface area contributed by atoms with E-state index >= 15 is 0 Å². The van der Waals surface area contributed by atoms with Crippen molar-refractivity contribution in [2.24, 2.45) is 12.8 Å². The summed E-state index contributed by atoms with van der Waals surface area (Å²) >= 11 is 1.18. The van der Waals surface area contributed by atoms with Crippen molar-refractivity contribution in [1.82, 2.24) is 14.9 Å². The van der Waals surface area contributed by atoms with E-state index in [9.17, 15) is 14.4 Å². The van der Waals surface area contributed by atoms with Gasteiger partial charge in [-0.15, -0.1) is 11.3 Å². The predicted molar refractivity (Wildman–Crippen MR) is 129 cm³/mol. The minimum Gasteiger partial charge on any atom is -0.455 e. The molecule has 0 fully saturated rings. The van der Waals surface area contributed by atoms with E-state index in [0.717, 1.165) is 11.1 Å². The largest absolute Gasteiger partial charge is 0.455 e. The first-order chi connectivity index (χ1) is 15.7. The summed E-state index contributed by atoms with van der Waals surface area (Å²) < 4.78 is 7.73. The molecule has 0 aliphatic carbocycles. The van der Waals surface area contributed by atoms with E-state index in [1.54, 1.807) is 25.4 Å². The van der Waals surface area contributed by atoms with E-state index in [-0.39, 0.29) is 17.2 Å². The molecule has 0 unspecified atom stereocenters. The standard InChI is InChI=1S/C24H24N4O4S/c1-5-26-23(30)16-9-14-15(11-28(4)24(31)19(14)27-16)21-17(10-18(33-21)22(25)29)32-20-12(2)7-6-8-13(20)3/h6-11,27H,5H2,1-4H3,(H2,25,29)(H,26,30). The number of thiophene rings is 1. The van der Waals surface area contributed by atoms with Gasteiger partial charge in [-0.25, -0.2) is 0 Å². The van der Waals surface area contributed by atoms with Gasteiger partial charge in [0.25, 0.3) is 17.4 Å². The number of pyridine rings is 1. The number of hydrogen-bond acceptors (Lipinski definition) is 5. The van der Waals surface area contributed by atoms with Crippen LogP contribution < -0.4 is 21.3 Å². The molecule has 0 radical (unpaired) electrons. The Morgan fingerprint density at radius 1 is 1.21 bits per heavy atom. The van der Waals surface area contributed by atoms with Crippen molar-refractivity contribution >= 4 is 34.1 Å². The van der Waals surface area contributed by atoms with Gasteiger partial charge >= 0.3 is 0 Å². The normalized spacial score (nSPS) is 11.0. The molecular formula is C24H24N4O4S. The Morgan fingerprint density at radius 2 is 1.91 bits per heavy atom. The van der Waals surface area contributed by atoms with Crippen molar-refractivity contribution in [2.75, 3.05) is 6.54 Å². The summed E-state index contributed by atoms with van der Waals surface area (Å²) in [4.78, 5) is 41.1. The van der Waals surface area contributed by atoms with E-state index in [1.165, 1.54) is 15.9 Å². The first-order valence-corrected chi connectivity index (χ1v) is 11.2. The molecule has 8 nitrogen and oxygen atoms in total. The number of aryl methyl sites for hydroxylation is 3. The average Bonchev–Trinajstić information content (AvgIpc) is 3.39. The number of aromatic nitrogens is 2. The maximum absolute atomic E-state index is 12.8. The highest BCUT2D eigenvalue weighted by atomic mass is 32.1. The molecule has 3 aromatic heterocycles. The van der Waals surface area contributed by atoms with Crippen LogP contribution in [0.4, 0.5) is 0 Å². The van der Waals surface area contributed by atoms with Gasteiger partial charge in [0, 0.05) is 36.8 Å². The summed E-state index contributed by atoms with van der Waals surface area (Å²) in [5, 5.41) is 3.29. The average molecular weight is 465 g/mol. The zero-order valence-corrected chi connectivity index (χ0v) is 19.6. The number of carbonyl (C=O) groups excluding carboxylic acids is 2. The van der Waals surface area contributed by atoms with Gasteiger partial charge in [0.1, 0.15) is 22.7 Å². The van der Waals surface area contributed by atoms with Crippen LogP contribution in [0.15, 0.2) is 41.3 Å². The first-order valence-electron chi connectivity index (χ1n) is 10.4. The third-order valence-corrected chi connectivity index (χ3v) is 6.52. The molecule has 33 heavy (non-hydrogen) atoms. The van der Waals surface area contributed by atoms with Crippen LogP contribution >= 0.6 is 11.3 Å². The van der Waals surface area contributed by atoms with Crippen LogP contribution in [0.1, 0.15) is 38.2 Å². The fourth-order valence-corrected chi connectivity index (χ4v) is 4.68. The lowest BCUT2D eigenvalue weighted by Gasteiger charge is -2.13. The molecule has 0 saturated carbocycles. The number of nitrogens with one attached hydrogen (secondary N) is 2. The van der Waals surface area contributed by atoms with Crippen molar-refractivity contribution in [2.45, 2.75) is 20.8 Å². The number of benzene rings is 1. The lowest BCUT2D eigenvalue weighted by Crippen LogP contribution is -2.23. The van der Waals surface area contributed by atoms with E-state index in [4.69, 9.17) is 10.5 Å². The van der Waals surface area contributed by atoms with E-state index in [2.05, 4.69) is 10.3 Å². The number of hydrogen-bond donors (Lipinski definition) is 3. The summed E-state index contributed by atoms with van der Waals surface area (Å²) in [6.45, 7) is 6.16. The van der Waals surface area contributed by atoms with Crippen molar-refractivity contribution in [3.63, 3.8) is 0 Å². The second-order valence-electron chi connectivity index (χ2n) is 7.78. The lowest BCUT2D eigenvalue weighted by molar-refractivity contribution is 0.0950. The molecule has 4 N–H and O–H groups in total. The Balaban J connectivity index is 1.96. The molecule has 4 rings (SSSR count). The summed E-state index contributed by atoms with van der Waals surface area (Å²) in [6, 6.07) is 9.09. The second-order valence-corrected chi connectivity index (χ2v) is 8.83. The number of rotatable bonds is 6. The van der Waals surface area contributed by atoms with Crippen LogP contribution in [0.2, 0.25) is 0 Å². The minimum absolute atomic E-state index is 0.270. The predicted octanol–water partition coefficient (Wildman–Crippen LogP) is 3.85. The van der Waals surface area contributed by atoms with Gasteiger partial charge in [-0.1, -0.05) is 18.2 Å². The Morgan fingerprint density at radius 3 is 2.55 bits per heavy atom. The molecule has 0 bridgehead atoms. The van der Waals surface area contributed by atoms with Crippen molar-refractivity contribution in [3.05, 3.63) is 68.6 Å². The number of amides is 2. The monoisotopic (exact) mass is 464 g/mol. The van der Waals surface area contributed by atoms with Crippen LogP contribution in [0.25, 0.3) is 21.3 Å². The van der Waals surface area contributed by atoms with E-state index in [1.807, 2.05) is 39.0 Å². The van der Waals surface area contributed by atoms with Crippen LogP contribution in [0.5, 0.6) is 11.5 Å². The zero-order chi connectivity index (χ0) is 23.9. The fourth-order valence-electron chi connectivity index (χ4n) is 3.72. The molecular weight excluding hydrogens is 440 g/mol. The molecule has 0 aliphatic heterocycles. The maximum Gasteiger partial charge on any atom is 0.274 e. The van der Waals surface area contributed by atoms with Crippen molar-refractivity contribution < 1.29 is 14.3 Å². The SMILES string of the molecule is CCNC(=O)c1cc2c(-c3sc(C(N)=O)cc3Oc3c(C)cccc3C)cn(C)c(=O)c2[nH]1. The Hall–Kier alpha value is -3.85. The lowest BCUT2D eigenvalue weighted by atomic mass is 10.1. The summed E-state index contributed by atoms with van der Waals surface area (Å²) in [6.07, 6.45) is 1.67. The number of H-pyrrole nitrogens is 1. The fraction of sp³-hybridized carbons (Fsp3) is 0.208. The Labute approximate surface area is 194 Å². The Kier molecular flexibility index (Phi) is 5.82. The highest BCUT2D eigenvalue weighted by molar-refractivity contribution is 7.17. The van der Waals surface area contributed by atoms with Gasteiger partial charge in [-0.05, 0) is 38.0 Å². The van der Waals surface area contributed by atoms with E-state index < -0.39 is 5.91 Å². The highest BCUT2D eigenvalue weighted by Crippen LogP contribution is 2.44. The van der Waals surface area contributed by atoms with E-state index in [0.29, 0.717) is 44.3 Å². The van der Waals surface area contributed by atoms with Gasteiger partial charge in [0.2, 0.25) is 0 Å². The topological polar surface area (TPSA) is 119 Å². The van der Waals surface area contributed by atoms with Gasteiger partial charge in [0.15, 0.2) is 0 Å². The van der Waals surface area contributed by atoms with Gasteiger partial charge in [-0.3, -0.25) is 14.4 Å². The second kappa shape index (κ2) is 8.59. The maximum atomic E-state index is 12.8. The first kappa shape index (κ1) is 22.3. The quantitative estimate of drug-likeness (QED) is 0.401. The molecule has 9 heteroatoms. The third kappa shape index (κ3) is 4.03. The minimum atomic E-state index is -0.573.